The van der Waals surface area contributed by atoms with Crippen molar-refractivity contribution in [3.05, 3.63) is 64.7 Å². The van der Waals surface area contributed by atoms with Crippen LogP contribution >= 0.6 is 0 Å². The van der Waals surface area contributed by atoms with Crippen molar-refractivity contribution in [3.63, 3.8) is 0 Å². The highest BCUT2D eigenvalue weighted by Crippen LogP contribution is 2.20. The molecule has 0 radical (unpaired) electrons. The molecule has 2 aromatic carbocycles. The summed E-state index contributed by atoms with van der Waals surface area (Å²) in [5.41, 5.74) is 1.86. The third kappa shape index (κ3) is 4.11. The van der Waals surface area contributed by atoms with Gasteiger partial charge in [-0.2, -0.15) is 9.98 Å². The Morgan fingerprint density at radius 3 is 2.89 bits per heavy atom. The second kappa shape index (κ2) is 6.95. The van der Waals surface area contributed by atoms with E-state index in [1.807, 2.05) is 18.2 Å². The van der Waals surface area contributed by atoms with Crippen molar-refractivity contribution >= 4 is 51.7 Å². The Morgan fingerprint density at radius 1 is 1.21 bits per heavy atom. The molecule has 0 spiro atoms. The van der Waals surface area contributed by atoms with Crippen LogP contribution in [0.25, 0.3) is 18.0 Å². The van der Waals surface area contributed by atoms with Gasteiger partial charge in [-0.25, -0.2) is 13.5 Å². The second-order valence-electron chi connectivity index (χ2n) is 6.21. The molecule has 2 aliphatic rings. The largest absolute Gasteiger partial charge is 0.422 e. The first-order valence-corrected chi connectivity index (χ1v) is 10.1. The smallest absolute Gasteiger partial charge is 0.322 e. The summed E-state index contributed by atoms with van der Waals surface area (Å²) in [7, 11) is -3.37. The van der Waals surface area contributed by atoms with E-state index in [9.17, 15) is 13.6 Å². The fourth-order valence-corrected chi connectivity index (χ4v) is 3.30. The van der Waals surface area contributed by atoms with Crippen molar-refractivity contribution in [2.24, 2.45) is 9.98 Å². The molecule has 8 nitrogen and oxygen atoms in total. The summed E-state index contributed by atoms with van der Waals surface area (Å²) in [5, 5.41) is 12.2. The van der Waals surface area contributed by atoms with Gasteiger partial charge in [0, 0.05) is 22.8 Å². The Hall–Kier alpha value is -3.43. The Bertz CT molecular complexity index is 1260. The van der Waals surface area contributed by atoms with Gasteiger partial charge in [0.2, 0.25) is 10.0 Å². The molecule has 2 heterocycles. The SMILES string of the molecule is CS(=O)(=O)Nc1cccc(N=C2N=C/C(=c3\ccc4c(c3)C=CN(O)C=4)O2)c1. The van der Waals surface area contributed by atoms with Gasteiger partial charge in [-0.05, 0) is 35.9 Å². The first-order chi connectivity index (χ1) is 13.4. The Kier molecular flexibility index (Phi) is 4.46. The fourth-order valence-electron chi connectivity index (χ4n) is 2.75. The summed E-state index contributed by atoms with van der Waals surface area (Å²) in [4.78, 5) is 8.47. The monoisotopic (exact) mass is 396 g/mol. The predicted octanol–water partition coefficient (Wildman–Crippen LogP) is 1.37. The molecule has 9 heteroatoms. The maximum atomic E-state index is 11.4. The van der Waals surface area contributed by atoms with E-state index in [1.54, 1.807) is 49.0 Å². The van der Waals surface area contributed by atoms with Crippen LogP contribution in [0.2, 0.25) is 0 Å². The number of amidine groups is 1. The fraction of sp³-hybridized carbons (Fsp3) is 0.0526. The molecular weight excluding hydrogens is 380 g/mol. The van der Waals surface area contributed by atoms with E-state index in [-0.39, 0.29) is 6.02 Å². The number of fused-ring (bicyclic) bond motifs is 1. The number of nitrogens with zero attached hydrogens (tertiary/aromatic N) is 3. The first-order valence-electron chi connectivity index (χ1n) is 8.26. The summed E-state index contributed by atoms with van der Waals surface area (Å²) < 4.78 is 30.8. The lowest BCUT2D eigenvalue weighted by atomic mass is 10.1. The molecule has 0 aromatic heterocycles. The molecule has 2 aliphatic heterocycles. The number of aliphatic imine (C=N–C) groups is 2. The number of anilines is 1. The van der Waals surface area contributed by atoms with Crippen LogP contribution in [0, 0.1) is 0 Å². The van der Waals surface area contributed by atoms with Crippen molar-refractivity contribution in [1.82, 2.24) is 5.06 Å². The Balaban J connectivity index is 1.61. The maximum Gasteiger partial charge on any atom is 0.322 e. The molecule has 0 bridgehead atoms. The van der Waals surface area contributed by atoms with E-state index in [4.69, 9.17) is 4.74 Å². The average Bonchev–Trinajstić information content (AvgIpc) is 3.08. The van der Waals surface area contributed by atoms with Gasteiger partial charge in [0.15, 0.2) is 5.76 Å². The van der Waals surface area contributed by atoms with E-state index in [2.05, 4.69) is 14.7 Å². The normalized spacial score (nSPS) is 18.6. The zero-order valence-corrected chi connectivity index (χ0v) is 15.6. The number of nitrogens with one attached hydrogen (secondary N) is 1. The highest BCUT2D eigenvalue weighted by molar-refractivity contribution is 7.92. The third-order valence-electron chi connectivity index (χ3n) is 3.92. The zero-order chi connectivity index (χ0) is 19.7. The lowest BCUT2D eigenvalue weighted by molar-refractivity contribution is 0.0323. The van der Waals surface area contributed by atoms with E-state index >= 15 is 0 Å². The van der Waals surface area contributed by atoms with Gasteiger partial charge in [0.05, 0.1) is 23.8 Å². The molecule has 4 rings (SSSR count). The van der Waals surface area contributed by atoms with Crippen molar-refractivity contribution in [2.75, 3.05) is 11.0 Å². The number of sulfonamides is 1. The number of benzene rings is 2. The molecule has 0 unspecified atom stereocenters. The standard InChI is InChI=1S/C19H16N4O4S/c1-28(25,26)22-17-4-2-3-16(10-17)21-19-20-11-18(27-19)14-5-6-15-12-23(24)8-7-13(15)9-14/h2-12,22,24H,1H3/b18-14-,21-19?. The van der Waals surface area contributed by atoms with Gasteiger partial charge in [-0.1, -0.05) is 18.2 Å². The van der Waals surface area contributed by atoms with Gasteiger partial charge in [-0.15, -0.1) is 0 Å². The van der Waals surface area contributed by atoms with E-state index < -0.39 is 10.0 Å². The molecule has 0 fully saturated rings. The Morgan fingerprint density at radius 2 is 2.07 bits per heavy atom. The molecule has 2 aromatic rings. The van der Waals surface area contributed by atoms with Crippen LogP contribution in [0.4, 0.5) is 11.4 Å². The van der Waals surface area contributed by atoms with Crippen molar-refractivity contribution in [3.8, 4) is 0 Å². The van der Waals surface area contributed by atoms with Crippen LogP contribution in [0.5, 0.6) is 0 Å². The molecule has 2 N–H and O–H groups in total. The third-order valence-corrected chi connectivity index (χ3v) is 4.52. The number of rotatable bonds is 3. The lowest BCUT2D eigenvalue weighted by Crippen LogP contribution is -2.21. The number of hydroxylamine groups is 2. The van der Waals surface area contributed by atoms with Gasteiger partial charge in [0.1, 0.15) is 0 Å². The topological polar surface area (TPSA) is 104 Å². The summed E-state index contributed by atoms with van der Waals surface area (Å²) in [6.45, 7) is 0. The minimum Gasteiger partial charge on any atom is -0.422 e. The van der Waals surface area contributed by atoms with E-state index in [0.717, 1.165) is 27.3 Å². The van der Waals surface area contributed by atoms with Crippen molar-refractivity contribution in [2.45, 2.75) is 0 Å². The van der Waals surface area contributed by atoms with Crippen LogP contribution < -0.4 is 15.2 Å². The lowest BCUT2D eigenvalue weighted by Gasteiger charge is -2.10. The number of hydrogen-bond acceptors (Lipinski definition) is 6. The predicted molar refractivity (Wildman–Crippen MR) is 108 cm³/mol. The first kappa shape index (κ1) is 18.0. The highest BCUT2D eigenvalue weighted by atomic mass is 32.2. The summed E-state index contributed by atoms with van der Waals surface area (Å²) >= 11 is 0. The van der Waals surface area contributed by atoms with Gasteiger partial charge >= 0.3 is 6.02 Å². The van der Waals surface area contributed by atoms with Crippen LogP contribution in [-0.2, 0) is 14.8 Å². The molecule has 0 aliphatic carbocycles. The minimum absolute atomic E-state index is 0.160. The molecule has 0 atom stereocenters. The summed E-state index contributed by atoms with van der Waals surface area (Å²) in [5.74, 6) is 0.548. The molecule has 0 saturated heterocycles. The van der Waals surface area contributed by atoms with Gasteiger partial charge in [-0.3, -0.25) is 9.93 Å². The van der Waals surface area contributed by atoms with E-state index in [0.29, 0.717) is 17.1 Å². The molecule has 0 saturated carbocycles. The van der Waals surface area contributed by atoms with Crippen LogP contribution in [0.1, 0.15) is 5.56 Å². The average molecular weight is 396 g/mol. The van der Waals surface area contributed by atoms with Crippen molar-refractivity contribution in [1.29, 1.82) is 0 Å². The molecule has 142 valence electrons. The van der Waals surface area contributed by atoms with Gasteiger partial charge < -0.3 is 4.74 Å². The molecular formula is C19H16N4O4S. The highest BCUT2D eigenvalue weighted by Gasteiger charge is 2.12. The minimum atomic E-state index is -3.37. The number of hydrogen-bond donors (Lipinski definition) is 2. The van der Waals surface area contributed by atoms with E-state index in [1.165, 1.54) is 0 Å². The summed E-state index contributed by atoms with van der Waals surface area (Å²) in [6, 6.07) is 12.5. The van der Waals surface area contributed by atoms with Crippen LogP contribution in [-0.4, -0.2) is 37.2 Å². The van der Waals surface area contributed by atoms with Crippen molar-refractivity contribution < 1.29 is 18.4 Å². The summed E-state index contributed by atoms with van der Waals surface area (Å²) in [6.07, 6.45) is 7.61. The van der Waals surface area contributed by atoms with Crippen LogP contribution in [0.3, 0.4) is 0 Å². The van der Waals surface area contributed by atoms with Crippen LogP contribution in [0.15, 0.2) is 58.6 Å². The zero-order valence-electron chi connectivity index (χ0n) is 14.8. The van der Waals surface area contributed by atoms with Gasteiger partial charge in [0.25, 0.3) is 0 Å². The number of ether oxygens (including phenoxy) is 1. The molecule has 28 heavy (non-hydrogen) atoms. The second-order valence-corrected chi connectivity index (χ2v) is 7.96. The molecule has 0 amide bonds. The quantitative estimate of drug-likeness (QED) is 0.816. The Labute approximate surface area is 161 Å². The maximum absolute atomic E-state index is 11.4.